The minimum Gasteiger partial charge on any atom is -0.392 e. The number of hydrogen-bond acceptors (Lipinski definition) is 4. The molecule has 0 saturated carbocycles. The van der Waals surface area contributed by atoms with Gasteiger partial charge in [0.25, 0.3) is 5.91 Å². The van der Waals surface area contributed by atoms with E-state index in [0.29, 0.717) is 17.9 Å². The maximum absolute atomic E-state index is 11.9. The van der Waals surface area contributed by atoms with Crippen LogP contribution >= 0.6 is 0 Å². The van der Waals surface area contributed by atoms with Gasteiger partial charge in [-0.25, -0.2) is 9.97 Å². The Morgan fingerprint density at radius 2 is 2.12 bits per heavy atom. The second-order valence-electron chi connectivity index (χ2n) is 5.71. The van der Waals surface area contributed by atoms with E-state index >= 15 is 0 Å². The summed E-state index contributed by atoms with van der Waals surface area (Å²) < 4.78 is 0. The lowest BCUT2D eigenvalue weighted by atomic mass is 10.1. The van der Waals surface area contributed by atoms with Crippen LogP contribution in [0.1, 0.15) is 21.6 Å². The molecule has 0 unspecified atom stereocenters. The van der Waals surface area contributed by atoms with E-state index in [1.54, 1.807) is 6.20 Å². The quantitative estimate of drug-likeness (QED) is 0.687. The predicted molar refractivity (Wildman–Crippen MR) is 89.2 cm³/mol. The molecule has 120 valence electrons. The van der Waals surface area contributed by atoms with Gasteiger partial charge in [-0.2, -0.15) is 0 Å². The van der Waals surface area contributed by atoms with E-state index in [1.807, 2.05) is 36.4 Å². The zero-order valence-electron chi connectivity index (χ0n) is 12.9. The number of hydrogen-bond donors (Lipinski definition) is 3. The van der Waals surface area contributed by atoms with E-state index < -0.39 is 0 Å². The Balaban J connectivity index is 1.74. The zero-order chi connectivity index (χ0) is 16.5. The molecule has 4 rings (SSSR count). The van der Waals surface area contributed by atoms with Gasteiger partial charge in [0.15, 0.2) is 5.82 Å². The number of H-pyrrole nitrogens is 1. The molecule has 1 aromatic carbocycles. The summed E-state index contributed by atoms with van der Waals surface area (Å²) in [6.07, 6.45) is 2.49. The maximum Gasteiger partial charge on any atom is 0.253 e. The molecule has 1 aliphatic heterocycles. The SMILES string of the molecule is O=C1NCCc2[nH]c(-c3ccnc(-c4cccc(CO)c4)n3)cc21. The minimum atomic E-state index is -0.0522. The number of aliphatic hydroxyl groups is 1. The second-order valence-corrected chi connectivity index (χ2v) is 5.71. The third-order valence-corrected chi connectivity index (χ3v) is 4.10. The Morgan fingerprint density at radius 3 is 2.96 bits per heavy atom. The lowest BCUT2D eigenvalue weighted by Gasteiger charge is -2.10. The monoisotopic (exact) mass is 320 g/mol. The van der Waals surface area contributed by atoms with E-state index in [0.717, 1.165) is 34.6 Å². The van der Waals surface area contributed by atoms with Crippen molar-refractivity contribution >= 4 is 5.91 Å². The Kier molecular flexibility index (Phi) is 3.59. The van der Waals surface area contributed by atoms with Crippen LogP contribution < -0.4 is 5.32 Å². The summed E-state index contributed by atoms with van der Waals surface area (Å²) in [6, 6.07) is 11.1. The van der Waals surface area contributed by atoms with Gasteiger partial charge in [0.2, 0.25) is 0 Å². The largest absolute Gasteiger partial charge is 0.392 e. The summed E-state index contributed by atoms with van der Waals surface area (Å²) in [5, 5.41) is 12.1. The smallest absolute Gasteiger partial charge is 0.253 e. The van der Waals surface area contributed by atoms with Gasteiger partial charge >= 0.3 is 0 Å². The molecule has 1 amide bonds. The van der Waals surface area contributed by atoms with Crippen molar-refractivity contribution in [3.63, 3.8) is 0 Å². The van der Waals surface area contributed by atoms with Gasteiger partial charge in [-0.3, -0.25) is 4.79 Å². The lowest BCUT2D eigenvalue weighted by molar-refractivity contribution is 0.0946. The van der Waals surface area contributed by atoms with Crippen LogP contribution in [0.15, 0.2) is 42.6 Å². The third-order valence-electron chi connectivity index (χ3n) is 4.10. The van der Waals surface area contributed by atoms with E-state index in [-0.39, 0.29) is 12.5 Å². The van der Waals surface area contributed by atoms with Crippen LogP contribution in [0, 0.1) is 0 Å². The Morgan fingerprint density at radius 1 is 1.21 bits per heavy atom. The molecule has 0 fully saturated rings. The number of carbonyl (C=O) groups excluding carboxylic acids is 1. The number of fused-ring (bicyclic) bond motifs is 1. The number of amides is 1. The van der Waals surface area contributed by atoms with Crippen molar-refractivity contribution in [2.24, 2.45) is 0 Å². The molecule has 6 nitrogen and oxygen atoms in total. The molecule has 0 saturated heterocycles. The molecule has 2 aromatic heterocycles. The highest BCUT2D eigenvalue weighted by atomic mass is 16.3. The molecule has 24 heavy (non-hydrogen) atoms. The first-order valence-corrected chi connectivity index (χ1v) is 7.78. The summed E-state index contributed by atoms with van der Waals surface area (Å²) in [5.74, 6) is 0.531. The fourth-order valence-electron chi connectivity index (χ4n) is 2.89. The molecule has 0 radical (unpaired) electrons. The number of nitrogens with zero attached hydrogens (tertiary/aromatic N) is 2. The van der Waals surface area contributed by atoms with Crippen molar-refractivity contribution in [2.75, 3.05) is 6.54 Å². The number of carbonyl (C=O) groups is 1. The normalized spacial score (nSPS) is 13.5. The fourth-order valence-corrected chi connectivity index (χ4v) is 2.89. The summed E-state index contributed by atoms with van der Waals surface area (Å²) in [6.45, 7) is 0.626. The molecule has 0 bridgehead atoms. The highest BCUT2D eigenvalue weighted by Crippen LogP contribution is 2.24. The molecule has 3 aromatic rings. The number of aromatic amines is 1. The summed E-state index contributed by atoms with van der Waals surface area (Å²) >= 11 is 0. The first-order chi connectivity index (χ1) is 11.7. The van der Waals surface area contributed by atoms with Gasteiger partial charge in [0.1, 0.15) is 0 Å². The highest BCUT2D eigenvalue weighted by Gasteiger charge is 2.20. The maximum atomic E-state index is 11.9. The van der Waals surface area contributed by atoms with Crippen LogP contribution in [-0.2, 0) is 13.0 Å². The van der Waals surface area contributed by atoms with Crippen LogP contribution in [-0.4, -0.2) is 32.5 Å². The minimum absolute atomic E-state index is 0.0218. The van der Waals surface area contributed by atoms with E-state index in [9.17, 15) is 9.90 Å². The van der Waals surface area contributed by atoms with Gasteiger partial charge in [-0.1, -0.05) is 18.2 Å². The Bertz CT molecular complexity index is 917. The molecular weight excluding hydrogens is 304 g/mol. The number of aliphatic hydroxyl groups excluding tert-OH is 1. The van der Waals surface area contributed by atoms with E-state index in [4.69, 9.17) is 0 Å². The fraction of sp³-hybridized carbons (Fsp3) is 0.167. The van der Waals surface area contributed by atoms with Crippen molar-refractivity contribution < 1.29 is 9.90 Å². The van der Waals surface area contributed by atoms with Crippen LogP contribution in [0.5, 0.6) is 0 Å². The van der Waals surface area contributed by atoms with E-state index in [2.05, 4.69) is 20.3 Å². The summed E-state index contributed by atoms with van der Waals surface area (Å²) in [4.78, 5) is 24.1. The molecular formula is C18H16N4O2. The van der Waals surface area contributed by atoms with Gasteiger partial charge in [-0.15, -0.1) is 0 Å². The van der Waals surface area contributed by atoms with Gasteiger partial charge in [0, 0.05) is 30.4 Å². The Labute approximate surface area is 138 Å². The standard InChI is InChI=1S/C18H16N4O2/c23-10-11-2-1-3-12(8-11)17-19-6-5-15(22-17)16-9-13-14(21-16)4-7-20-18(13)24/h1-3,5-6,8-9,21,23H,4,7,10H2,(H,20,24). The second kappa shape index (κ2) is 5.90. The number of aromatic nitrogens is 3. The van der Waals surface area contributed by atoms with Crippen LogP contribution in [0.25, 0.3) is 22.8 Å². The van der Waals surface area contributed by atoms with Gasteiger partial charge in [0.05, 0.1) is 23.6 Å². The predicted octanol–water partition coefficient (Wildman–Crippen LogP) is 1.92. The van der Waals surface area contributed by atoms with Crippen molar-refractivity contribution in [2.45, 2.75) is 13.0 Å². The first kappa shape index (κ1) is 14.6. The molecule has 6 heteroatoms. The number of rotatable bonds is 3. The highest BCUT2D eigenvalue weighted by molar-refractivity contribution is 5.97. The average Bonchev–Trinajstić information content (AvgIpc) is 3.08. The average molecular weight is 320 g/mol. The topological polar surface area (TPSA) is 90.9 Å². The van der Waals surface area contributed by atoms with Gasteiger partial charge < -0.3 is 15.4 Å². The van der Waals surface area contributed by atoms with Crippen molar-refractivity contribution in [3.05, 3.63) is 59.4 Å². The number of nitrogens with one attached hydrogen (secondary N) is 2. The van der Waals surface area contributed by atoms with Crippen LogP contribution in [0.2, 0.25) is 0 Å². The lowest BCUT2D eigenvalue weighted by Crippen LogP contribution is -2.31. The third kappa shape index (κ3) is 2.57. The Hall–Kier alpha value is -2.99. The first-order valence-electron chi connectivity index (χ1n) is 7.78. The molecule has 3 heterocycles. The number of benzene rings is 1. The van der Waals surface area contributed by atoms with Crippen LogP contribution in [0.3, 0.4) is 0 Å². The van der Waals surface area contributed by atoms with Gasteiger partial charge in [-0.05, 0) is 23.8 Å². The van der Waals surface area contributed by atoms with Crippen molar-refractivity contribution in [1.29, 1.82) is 0 Å². The molecule has 0 spiro atoms. The zero-order valence-corrected chi connectivity index (χ0v) is 12.9. The molecule has 3 N–H and O–H groups in total. The molecule has 0 aliphatic carbocycles. The van der Waals surface area contributed by atoms with Crippen molar-refractivity contribution in [3.8, 4) is 22.8 Å². The summed E-state index contributed by atoms with van der Waals surface area (Å²) in [5.41, 5.74) is 4.82. The molecule has 0 atom stereocenters. The summed E-state index contributed by atoms with van der Waals surface area (Å²) in [7, 11) is 0. The van der Waals surface area contributed by atoms with E-state index in [1.165, 1.54) is 0 Å². The van der Waals surface area contributed by atoms with Crippen LogP contribution in [0.4, 0.5) is 0 Å². The molecule has 1 aliphatic rings. The van der Waals surface area contributed by atoms with Crippen molar-refractivity contribution in [1.82, 2.24) is 20.3 Å².